The lowest BCUT2D eigenvalue weighted by Gasteiger charge is -2.23. The smallest absolute Gasteiger partial charge is 0.188 e. The molecule has 2 aromatic heterocycles. The Labute approximate surface area is 124 Å². The van der Waals surface area contributed by atoms with Gasteiger partial charge in [-0.15, -0.1) is 0 Å². The first kappa shape index (κ1) is 13.8. The van der Waals surface area contributed by atoms with E-state index in [1.165, 1.54) is 24.0 Å². The second-order valence-electron chi connectivity index (χ2n) is 5.89. The molecule has 0 bridgehead atoms. The van der Waals surface area contributed by atoms with E-state index >= 15 is 0 Å². The van der Waals surface area contributed by atoms with Crippen LogP contribution in [0.5, 0.6) is 0 Å². The Balaban J connectivity index is 1.82. The summed E-state index contributed by atoms with van der Waals surface area (Å²) in [5.74, 6) is 0. The summed E-state index contributed by atoms with van der Waals surface area (Å²) >= 11 is 1.79. The van der Waals surface area contributed by atoms with Gasteiger partial charge >= 0.3 is 0 Å². The van der Waals surface area contributed by atoms with Crippen molar-refractivity contribution in [3.05, 3.63) is 5.69 Å². The van der Waals surface area contributed by atoms with E-state index < -0.39 is 0 Å². The van der Waals surface area contributed by atoms with Crippen molar-refractivity contribution in [2.45, 2.75) is 32.2 Å². The first-order chi connectivity index (χ1) is 9.56. The molecule has 3 rings (SSSR count). The number of nitrogens with zero attached hydrogens (tertiary/aromatic N) is 5. The summed E-state index contributed by atoms with van der Waals surface area (Å²) in [5.41, 5.74) is 2.11. The number of rotatable bonds is 2. The van der Waals surface area contributed by atoms with Gasteiger partial charge in [0, 0.05) is 26.2 Å². The molecular weight excluding hydrogens is 270 g/mol. The quantitative estimate of drug-likeness (QED) is 0.851. The van der Waals surface area contributed by atoms with Crippen LogP contribution in [0.25, 0.3) is 10.3 Å². The van der Waals surface area contributed by atoms with Crippen LogP contribution < -0.4 is 4.90 Å². The van der Waals surface area contributed by atoms with Gasteiger partial charge in [-0.05, 0) is 40.3 Å². The van der Waals surface area contributed by atoms with Crippen molar-refractivity contribution in [1.82, 2.24) is 19.7 Å². The first-order valence-electron chi connectivity index (χ1n) is 7.28. The predicted molar refractivity (Wildman–Crippen MR) is 84.7 cm³/mol. The minimum atomic E-state index is 0.706. The second kappa shape index (κ2) is 5.33. The molecule has 0 saturated carbocycles. The fourth-order valence-electron chi connectivity index (χ4n) is 3.00. The standard InChI is InChI=1S/C14H23N5S/c1-10-12-13(18(4)16-10)15-14(20-12)19-8-5-6-11(7-9-19)17(2)3/h11H,5-9H2,1-4H3/t11-/m1/s1. The Morgan fingerprint density at radius 1 is 1.25 bits per heavy atom. The zero-order chi connectivity index (χ0) is 14.3. The van der Waals surface area contributed by atoms with Gasteiger partial charge in [-0.3, -0.25) is 0 Å². The van der Waals surface area contributed by atoms with Gasteiger partial charge in [-0.25, -0.2) is 9.67 Å². The molecule has 5 nitrogen and oxygen atoms in total. The summed E-state index contributed by atoms with van der Waals surface area (Å²) in [4.78, 5) is 9.61. The third kappa shape index (κ3) is 2.42. The van der Waals surface area contributed by atoms with E-state index in [2.05, 4.69) is 35.9 Å². The predicted octanol–water partition coefficient (Wildman–Crippen LogP) is 2.26. The van der Waals surface area contributed by atoms with Crippen molar-refractivity contribution in [3.63, 3.8) is 0 Å². The van der Waals surface area contributed by atoms with E-state index in [0.717, 1.165) is 29.6 Å². The summed E-state index contributed by atoms with van der Waals surface area (Å²) in [6.45, 7) is 4.29. The molecule has 1 fully saturated rings. The van der Waals surface area contributed by atoms with Crippen molar-refractivity contribution in [2.24, 2.45) is 7.05 Å². The Bertz CT molecular complexity index is 565. The van der Waals surface area contributed by atoms with Crippen molar-refractivity contribution in [3.8, 4) is 0 Å². The van der Waals surface area contributed by atoms with Crippen LogP contribution in [0.15, 0.2) is 0 Å². The SMILES string of the molecule is Cc1nn(C)c2nc(N3CCC[C@@H](N(C)C)CC3)sc12. The molecule has 0 radical (unpaired) electrons. The third-order valence-electron chi connectivity index (χ3n) is 4.23. The van der Waals surface area contributed by atoms with Crippen LogP contribution in [0.3, 0.4) is 0 Å². The molecule has 3 heterocycles. The maximum Gasteiger partial charge on any atom is 0.188 e. The van der Waals surface area contributed by atoms with Crippen LogP contribution in [-0.4, -0.2) is 52.9 Å². The van der Waals surface area contributed by atoms with Gasteiger partial charge in [0.1, 0.15) is 0 Å². The number of hydrogen-bond donors (Lipinski definition) is 0. The molecule has 1 saturated heterocycles. The normalized spacial score (nSPS) is 20.9. The van der Waals surface area contributed by atoms with E-state index in [9.17, 15) is 0 Å². The summed E-state index contributed by atoms with van der Waals surface area (Å²) < 4.78 is 3.13. The van der Waals surface area contributed by atoms with E-state index in [1.54, 1.807) is 11.3 Å². The molecule has 2 aromatic rings. The molecule has 0 aromatic carbocycles. The lowest BCUT2D eigenvalue weighted by Crippen LogP contribution is -2.30. The van der Waals surface area contributed by atoms with Gasteiger partial charge in [0.25, 0.3) is 0 Å². The fraction of sp³-hybridized carbons (Fsp3) is 0.714. The Kier molecular flexibility index (Phi) is 3.69. The molecule has 1 atom stereocenters. The molecule has 0 unspecified atom stereocenters. The van der Waals surface area contributed by atoms with Crippen LogP contribution in [0.2, 0.25) is 0 Å². The number of aryl methyl sites for hydroxylation is 2. The molecule has 6 heteroatoms. The van der Waals surface area contributed by atoms with Crippen LogP contribution >= 0.6 is 11.3 Å². The van der Waals surface area contributed by atoms with Crippen LogP contribution in [-0.2, 0) is 7.05 Å². The molecule has 0 spiro atoms. The summed E-state index contributed by atoms with van der Waals surface area (Å²) in [6.07, 6.45) is 3.76. The van der Waals surface area contributed by atoms with E-state index in [1.807, 2.05) is 11.7 Å². The lowest BCUT2D eigenvalue weighted by atomic mass is 10.1. The molecular formula is C14H23N5S. The molecule has 0 amide bonds. The zero-order valence-electron chi connectivity index (χ0n) is 12.8. The number of anilines is 1. The highest BCUT2D eigenvalue weighted by atomic mass is 32.1. The lowest BCUT2D eigenvalue weighted by molar-refractivity contribution is 0.272. The number of thiazole rings is 1. The minimum Gasteiger partial charge on any atom is -0.348 e. The summed E-state index contributed by atoms with van der Waals surface area (Å²) in [6, 6.07) is 0.706. The second-order valence-corrected chi connectivity index (χ2v) is 6.87. The molecule has 110 valence electrons. The van der Waals surface area contributed by atoms with Gasteiger partial charge in [0.2, 0.25) is 0 Å². The number of aromatic nitrogens is 3. The third-order valence-corrected chi connectivity index (χ3v) is 5.45. The zero-order valence-corrected chi connectivity index (χ0v) is 13.6. The minimum absolute atomic E-state index is 0.706. The van der Waals surface area contributed by atoms with Crippen molar-refractivity contribution >= 4 is 26.8 Å². The maximum absolute atomic E-state index is 4.80. The van der Waals surface area contributed by atoms with Gasteiger partial charge in [-0.1, -0.05) is 11.3 Å². The van der Waals surface area contributed by atoms with Crippen LogP contribution in [0, 0.1) is 6.92 Å². The maximum atomic E-state index is 4.80. The van der Waals surface area contributed by atoms with E-state index in [-0.39, 0.29) is 0 Å². The summed E-state index contributed by atoms with van der Waals surface area (Å²) in [5, 5.41) is 5.59. The van der Waals surface area contributed by atoms with E-state index in [0.29, 0.717) is 6.04 Å². The number of fused-ring (bicyclic) bond motifs is 1. The van der Waals surface area contributed by atoms with Gasteiger partial charge in [-0.2, -0.15) is 5.10 Å². The highest BCUT2D eigenvalue weighted by molar-refractivity contribution is 7.22. The molecule has 0 N–H and O–H groups in total. The van der Waals surface area contributed by atoms with Gasteiger partial charge < -0.3 is 9.80 Å². The fourth-order valence-corrected chi connectivity index (χ4v) is 4.08. The monoisotopic (exact) mass is 293 g/mol. The van der Waals surface area contributed by atoms with Gasteiger partial charge in [0.15, 0.2) is 10.8 Å². The Hall–Kier alpha value is -1.14. The van der Waals surface area contributed by atoms with Crippen molar-refractivity contribution < 1.29 is 0 Å². The van der Waals surface area contributed by atoms with Gasteiger partial charge in [0.05, 0.1) is 10.4 Å². The average molecular weight is 293 g/mol. The first-order valence-corrected chi connectivity index (χ1v) is 8.09. The molecule has 1 aliphatic rings. The Morgan fingerprint density at radius 2 is 2.05 bits per heavy atom. The largest absolute Gasteiger partial charge is 0.348 e. The summed E-state index contributed by atoms with van der Waals surface area (Å²) in [7, 11) is 6.35. The average Bonchev–Trinajstić information content (AvgIpc) is 2.82. The van der Waals surface area contributed by atoms with Crippen LogP contribution in [0.1, 0.15) is 25.0 Å². The molecule has 0 aliphatic carbocycles. The van der Waals surface area contributed by atoms with Crippen molar-refractivity contribution in [2.75, 3.05) is 32.1 Å². The molecule has 20 heavy (non-hydrogen) atoms. The van der Waals surface area contributed by atoms with E-state index in [4.69, 9.17) is 4.98 Å². The molecule has 1 aliphatic heterocycles. The number of hydrogen-bond acceptors (Lipinski definition) is 5. The van der Waals surface area contributed by atoms with Crippen molar-refractivity contribution in [1.29, 1.82) is 0 Å². The topological polar surface area (TPSA) is 37.2 Å². The Morgan fingerprint density at radius 3 is 2.75 bits per heavy atom. The highest BCUT2D eigenvalue weighted by Gasteiger charge is 2.22. The van der Waals surface area contributed by atoms with Crippen LogP contribution in [0.4, 0.5) is 5.13 Å². The highest BCUT2D eigenvalue weighted by Crippen LogP contribution is 2.32.